The standard InChI is InChI=1S/C23H30O/c1-5-15-23(16-13-19(4)10-8-9-18(2)3)17-14-20-11-6-7-12-21(20)22(23)24/h5-7,9,11-13H,1,8,10,14-17H2,2-4H3/b19-13+. The Morgan fingerprint density at radius 2 is 1.92 bits per heavy atom. The molecule has 1 atom stereocenters. The normalized spacial score (nSPS) is 20.5. The fraction of sp³-hybridized carbons (Fsp3) is 0.435. The van der Waals surface area contributed by atoms with Crippen molar-refractivity contribution in [2.45, 2.75) is 59.3 Å². The molecule has 0 aromatic heterocycles. The molecule has 0 fully saturated rings. The molecule has 1 aliphatic carbocycles. The summed E-state index contributed by atoms with van der Waals surface area (Å²) in [6.07, 6.45) is 12.1. The van der Waals surface area contributed by atoms with E-state index in [2.05, 4.69) is 45.6 Å². The predicted molar refractivity (Wildman–Crippen MR) is 103 cm³/mol. The molecule has 1 unspecified atom stereocenters. The minimum Gasteiger partial charge on any atom is -0.294 e. The smallest absolute Gasteiger partial charge is 0.169 e. The Balaban J connectivity index is 2.16. The van der Waals surface area contributed by atoms with Gasteiger partial charge in [0.15, 0.2) is 5.78 Å². The third kappa shape index (κ3) is 4.35. The molecule has 128 valence electrons. The quantitative estimate of drug-likeness (QED) is 0.526. The van der Waals surface area contributed by atoms with Crippen LogP contribution in [0.15, 0.2) is 60.2 Å². The van der Waals surface area contributed by atoms with E-state index < -0.39 is 0 Å². The molecule has 0 N–H and O–H groups in total. The molecule has 1 heteroatoms. The first-order valence-corrected chi connectivity index (χ1v) is 9.01. The van der Waals surface area contributed by atoms with Gasteiger partial charge in [0, 0.05) is 11.0 Å². The van der Waals surface area contributed by atoms with Crippen molar-refractivity contribution in [1.82, 2.24) is 0 Å². The third-order valence-electron chi connectivity index (χ3n) is 5.08. The minimum absolute atomic E-state index is 0.298. The van der Waals surface area contributed by atoms with Crippen LogP contribution in [0.4, 0.5) is 0 Å². The molecule has 0 saturated carbocycles. The Labute approximate surface area is 147 Å². The summed E-state index contributed by atoms with van der Waals surface area (Å²) in [6.45, 7) is 10.4. The van der Waals surface area contributed by atoms with E-state index in [1.54, 1.807) is 0 Å². The highest BCUT2D eigenvalue weighted by atomic mass is 16.1. The monoisotopic (exact) mass is 322 g/mol. The first-order valence-electron chi connectivity index (χ1n) is 9.01. The number of hydrogen-bond donors (Lipinski definition) is 0. The summed E-state index contributed by atoms with van der Waals surface area (Å²) in [4.78, 5) is 13.2. The molecule has 1 aromatic carbocycles. The minimum atomic E-state index is -0.298. The van der Waals surface area contributed by atoms with Gasteiger partial charge in [-0.2, -0.15) is 0 Å². The van der Waals surface area contributed by atoms with Gasteiger partial charge in [-0.3, -0.25) is 4.79 Å². The highest BCUT2D eigenvalue weighted by molar-refractivity contribution is 6.03. The number of Topliss-reactive ketones (excluding diaryl/α,β-unsaturated/α-hetero) is 1. The highest BCUT2D eigenvalue weighted by Gasteiger charge is 2.40. The predicted octanol–water partition coefficient (Wildman–Crippen LogP) is 6.46. The number of hydrogen-bond acceptors (Lipinski definition) is 1. The zero-order valence-corrected chi connectivity index (χ0v) is 15.4. The van der Waals surface area contributed by atoms with Crippen LogP contribution in [-0.4, -0.2) is 5.78 Å². The van der Waals surface area contributed by atoms with Gasteiger partial charge in [-0.15, -0.1) is 6.58 Å². The van der Waals surface area contributed by atoms with Gasteiger partial charge in [0.1, 0.15) is 0 Å². The van der Waals surface area contributed by atoms with Gasteiger partial charge in [0.2, 0.25) is 0 Å². The summed E-state index contributed by atoms with van der Waals surface area (Å²) >= 11 is 0. The van der Waals surface area contributed by atoms with Gasteiger partial charge in [0.05, 0.1) is 0 Å². The molecule has 1 nitrogen and oxygen atoms in total. The van der Waals surface area contributed by atoms with Crippen LogP contribution in [0, 0.1) is 5.41 Å². The fourth-order valence-electron chi connectivity index (χ4n) is 3.54. The number of fused-ring (bicyclic) bond motifs is 1. The molecule has 2 rings (SSSR count). The lowest BCUT2D eigenvalue weighted by Gasteiger charge is -2.35. The number of benzene rings is 1. The molecule has 0 saturated heterocycles. The lowest BCUT2D eigenvalue weighted by molar-refractivity contribution is 0.0762. The van der Waals surface area contributed by atoms with Crippen molar-refractivity contribution in [2.75, 3.05) is 0 Å². The van der Waals surface area contributed by atoms with Crippen molar-refractivity contribution in [3.8, 4) is 0 Å². The number of aryl methyl sites for hydroxylation is 1. The summed E-state index contributed by atoms with van der Waals surface area (Å²) in [5.41, 5.74) is 4.56. The number of carbonyl (C=O) groups excluding carboxylic acids is 1. The van der Waals surface area contributed by atoms with E-state index in [0.717, 1.165) is 44.1 Å². The van der Waals surface area contributed by atoms with Crippen molar-refractivity contribution in [3.05, 3.63) is 71.3 Å². The van der Waals surface area contributed by atoms with Gasteiger partial charge in [-0.25, -0.2) is 0 Å². The van der Waals surface area contributed by atoms with Crippen molar-refractivity contribution >= 4 is 5.78 Å². The molecule has 24 heavy (non-hydrogen) atoms. The molecule has 0 amide bonds. The second-order valence-corrected chi connectivity index (χ2v) is 7.33. The molecular weight excluding hydrogens is 292 g/mol. The number of ketones is 1. The molecule has 0 radical (unpaired) electrons. The first-order chi connectivity index (χ1) is 11.5. The Morgan fingerprint density at radius 1 is 1.17 bits per heavy atom. The number of rotatable bonds is 7. The van der Waals surface area contributed by atoms with Gasteiger partial charge in [-0.1, -0.05) is 53.6 Å². The van der Waals surface area contributed by atoms with Crippen molar-refractivity contribution in [1.29, 1.82) is 0 Å². The molecule has 1 aromatic rings. The van der Waals surface area contributed by atoms with Crippen LogP contribution in [0.5, 0.6) is 0 Å². The topological polar surface area (TPSA) is 17.1 Å². The molecule has 0 bridgehead atoms. The largest absolute Gasteiger partial charge is 0.294 e. The Kier molecular flexibility index (Phi) is 6.36. The van der Waals surface area contributed by atoms with E-state index in [-0.39, 0.29) is 5.41 Å². The Hall–Kier alpha value is -1.89. The van der Waals surface area contributed by atoms with E-state index in [0.29, 0.717) is 5.78 Å². The van der Waals surface area contributed by atoms with E-state index in [1.807, 2.05) is 24.3 Å². The van der Waals surface area contributed by atoms with Crippen LogP contribution in [0.1, 0.15) is 68.8 Å². The second kappa shape index (κ2) is 8.28. The van der Waals surface area contributed by atoms with Crippen LogP contribution in [0.3, 0.4) is 0 Å². The number of carbonyl (C=O) groups is 1. The first kappa shape index (κ1) is 18.4. The summed E-state index contributed by atoms with van der Waals surface area (Å²) in [7, 11) is 0. The van der Waals surface area contributed by atoms with Gasteiger partial charge in [-0.05, 0) is 64.9 Å². The summed E-state index contributed by atoms with van der Waals surface area (Å²) < 4.78 is 0. The summed E-state index contributed by atoms with van der Waals surface area (Å²) in [6, 6.07) is 8.08. The Morgan fingerprint density at radius 3 is 2.62 bits per heavy atom. The average Bonchev–Trinajstić information content (AvgIpc) is 2.56. The van der Waals surface area contributed by atoms with Crippen LogP contribution in [-0.2, 0) is 6.42 Å². The van der Waals surface area contributed by atoms with Gasteiger partial charge < -0.3 is 0 Å². The highest BCUT2D eigenvalue weighted by Crippen LogP contribution is 2.42. The SMILES string of the molecule is C=CCC1(C/C=C(\C)CCC=C(C)C)CCc2ccccc2C1=O. The molecular formula is C23H30O. The van der Waals surface area contributed by atoms with Crippen molar-refractivity contribution < 1.29 is 4.79 Å². The van der Waals surface area contributed by atoms with E-state index in [4.69, 9.17) is 0 Å². The molecule has 0 heterocycles. The Bertz CT molecular complexity index is 658. The lowest BCUT2D eigenvalue weighted by Crippen LogP contribution is -2.35. The van der Waals surface area contributed by atoms with E-state index in [1.165, 1.54) is 16.7 Å². The molecule has 0 spiro atoms. The van der Waals surface area contributed by atoms with Crippen LogP contribution >= 0.6 is 0 Å². The maximum absolute atomic E-state index is 13.2. The van der Waals surface area contributed by atoms with Crippen molar-refractivity contribution in [2.24, 2.45) is 5.41 Å². The maximum atomic E-state index is 13.2. The van der Waals surface area contributed by atoms with Crippen LogP contribution in [0.25, 0.3) is 0 Å². The molecule has 0 aliphatic heterocycles. The fourth-order valence-corrected chi connectivity index (χ4v) is 3.54. The third-order valence-corrected chi connectivity index (χ3v) is 5.08. The van der Waals surface area contributed by atoms with Crippen molar-refractivity contribution in [3.63, 3.8) is 0 Å². The van der Waals surface area contributed by atoms with Crippen LogP contribution < -0.4 is 0 Å². The average molecular weight is 322 g/mol. The molecule has 1 aliphatic rings. The van der Waals surface area contributed by atoms with Crippen LogP contribution in [0.2, 0.25) is 0 Å². The lowest BCUT2D eigenvalue weighted by atomic mass is 9.66. The van der Waals surface area contributed by atoms with Gasteiger partial charge in [0.25, 0.3) is 0 Å². The zero-order valence-electron chi connectivity index (χ0n) is 15.4. The van der Waals surface area contributed by atoms with E-state index in [9.17, 15) is 4.79 Å². The number of allylic oxidation sites excluding steroid dienone is 5. The van der Waals surface area contributed by atoms with E-state index >= 15 is 0 Å². The zero-order chi connectivity index (χ0) is 17.6. The summed E-state index contributed by atoms with van der Waals surface area (Å²) in [5, 5.41) is 0. The maximum Gasteiger partial charge on any atom is 0.169 e. The van der Waals surface area contributed by atoms with Gasteiger partial charge >= 0.3 is 0 Å². The second-order valence-electron chi connectivity index (χ2n) is 7.33. The summed E-state index contributed by atoms with van der Waals surface area (Å²) in [5.74, 6) is 0.303.